The number of amides is 1. The van der Waals surface area contributed by atoms with Crippen molar-refractivity contribution in [2.45, 2.75) is 31.5 Å². The zero-order chi connectivity index (χ0) is 24.8. The SMILES string of the molecule is CCN(CCN(C)c1ccccc1OC)C(=O)C1(Oc2ccc(C(F)(F)F)cc2)CCCNC1. The summed E-state index contributed by atoms with van der Waals surface area (Å²) in [7, 11) is 3.56. The molecule has 2 aromatic rings. The van der Waals surface area contributed by atoms with Crippen LogP contribution in [0.4, 0.5) is 18.9 Å². The van der Waals surface area contributed by atoms with E-state index in [1.54, 1.807) is 12.0 Å². The molecule has 0 bridgehead atoms. The molecule has 3 rings (SSSR count). The summed E-state index contributed by atoms with van der Waals surface area (Å²) < 4.78 is 50.4. The van der Waals surface area contributed by atoms with Gasteiger partial charge in [-0.25, -0.2) is 0 Å². The van der Waals surface area contributed by atoms with Crippen molar-refractivity contribution in [3.05, 3.63) is 54.1 Å². The summed E-state index contributed by atoms with van der Waals surface area (Å²) in [5, 5.41) is 3.22. The number of benzene rings is 2. The molecule has 1 atom stereocenters. The number of hydrogen-bond donors (Lipinski definition) is 1. The van der Waals surface area contributed by atoms with Crippen molar-refractivity contribution in [3.8, 4) is 11.5 Å². The molecule has 1 fully saturated rings. The summed E-state index contributed by atoms with van der Waals surface area (Å²) in [5.41, 5.74) is -1.00. The number of carbonyl (C=O) groups excluding carboxylic acids is 1. The molecule has 1 saturated heterocycles. The zero-order valence-corrected chi connectivity index (χ0v) is 19.8. The van der Waals surface area contributed by atoms with Crippen molar-refractivity contribution in [1.29, 1.82) is 0 Å². The molecule has 0 aliphatic carbocycles. The lowest BCUT2D eigenvalue weighted by Crippen LogP contribution is -2.61. The van der Waals surface area contributed by atoms with Crippen LogP contribution < -0.4 is 19.7 Å². The maximum Gasteiger partial charge on any atom is 0.416 e. The molecule has 2 aromatic carbocycles. The summed E-state index contributed by atoms with van der Waals surface area (Å²) in [6, 6.07) is 12.2. The highest BCUT2D eigenvalue weighted by Crippen LogP contribution is 2.33. The molecule has 0 radical (unpaired) electrons. The van der Waals surface area contributed by atoms with Gasteiger partial charge in [0, 0.05) is 33.2 Å². The normalized spacial score (nSPS) is 18.3. The largest absolute Gasteiger partial charge is 0.495 e. The van der Waals surface area contributed by atoms with E-state index in [1.165, 1.54) is 12.1 Å². The Hall–Kier alpha value is -2.94. The molecule has 1 aliphatic rings. The second kappa shape index (κ2) is 11.0. The van der Waals surface area contributed by atoms with Crippen molar-refractivity contribution in [3.63, 3.8) is 0 Å². The Labute approximate surface area is 198 Å². The average molecular weight is 480 g/mol. The van der Waals surface area contributed by atoms with Crippen LogP contribution in [-0.2, 0) is 11.0 Å². The Morgan fingerprint density at radius 1 is 1.12 bits per heavy atom. The van der Waals surface area contributed by atoms with Crippen LogP contribution in [0.25, 0.3) is 0 Å². The van der Waals surface area contributed by atoms with E-state index in [-0.39, 0.29) is 11.7 Å². The van der Waals surface area contributed by atoms with Crippen molar-refractivity contribution in [1.82, 2.24) is 10.2 Å². The number of alkyl halides is 3. The van der Waals surface area contributed by atoms with E-state index >= 15 is 0 Å². The van der Waals surface area contributed by atoms with Gasteiger partial charge in [-0.1, -0.05) is 12.1 Å². The van der Waals surface area contributed by atoms with Crippen LogP contribution in [0.5, 0.6) is 11.5 Å². The lowest BCUT2D eigenvalue weighted by Gasteiger charge is -2.40. The lowest BCUT2D eigenvalue weighted by atomic mass is 9.91. The standard InChI is InChI=1S/C25H32F3N3O3/c1-4-31(17-16-30(2)21-8-5-6-9-22(21)33-3)23(32)24(14-7-15-29-18-24)34-20-12-10-19(11-13-20)25(26,27)28/h5-6,8-13,29H,4,7,14-18H2,1-3H3. The first kappa shape index (κ1) is 25.7. The molecule has 0 saturated carbocycles. The number of anilines is 1. The van der Waals surface area contributed by atoms with Gasteiger partial charge in [-0.15, -0.1) is 0 Å². The van der Waals surface area contributed by atoms with Crippen LogP contribution in [0.1, 0.15) is 25.3 Å². The number of carbonyl (C=O) groups is 1. The summed E-state index contributed by atoms with van der Waals surface area (Å²) >= 11 is 0. The smallest absolute Gasteiger partial charge is 0.416 e. The van der Waals surface area contributed by atoms with Crippen LogP contribution >= 0.6 is 0 Å². The molecule has 1 heterocycles. The van der Waals surface area contributed by atoms with Gasteiger partial charge in [0.1, 0.15) is 11.5 Å². The molecule has 0 spiro atoms. The third-order valence-corrected chi connectivity index (χ3v) is 6.10. The van der Waals surface area contributed by atoms with Gasteiger partial charge in [-0.2, -0.15) is 13.2 Å². The molecule has 1 amide bonds. The number of ether oxygens (including phenoxy) is 2. The van der Waals surface area contributed by atoms with Gasteiger partial charge < -0.3 is 24.6 Å². The van der Waals surface area contributed by atoms with E-state index in [4.69, 9.17) is 9.47 Å². The van der Waals surface area contributed by atoms with E-state index in [1.807, 2.05) is 43.1 Å². The van der Waals surface area contributed by atoms with Gasteiger partial charge in [0.25, 0.3) is 5.91 Å². The number of likely N-dealkylation sites (N-methyl/N-ethyl adjacent to an activating group) is 2. The van der Waals surface area contributed by atoms with Gasteiger partial charge in [0.2, 0.25) is 0 Å². The van der Waals surface area contributed by atoms with Gasteiger partial charge >= 0.3 is 6.18 Å². The highest BCUT2D eigenvalue weighted by molar-refractivity contribution is 5.86. The molecule has 6 nitrogen and oxygen atoms in total. The number of methoxy groups -OCH3 is 1. The monoisotopic (exact) mass is 479 g/mol. The van der Waals surface area contributed by atoms with Crippen LogP contribution in [0.15, 0.2) is 48.5 Å². The van der Waals surface area contributed by atoms with Gasteiger partial charge in [0.05, 0.1) is 18.4 Å². The summed E-state index contributed by atoms with van der Waals surface area (Å²) in [6.07, 6.45) is -3.21. The maximum atomic E-state index is 13.7. The van der Waals surface area contributed by atoms with Crippen LogP contribution in [0.3, 0.4) is 0 Å². The molecule has 9 heteroatoms. The number of rotatable bonds is 9. The Morgan fingerprint density at radius 2 is 1.82 bits per heavy atom. The predicted octanol–water partition coefficient (Wildman–Crippen LogP) is 4.20. The quantitative estimate of drug-likeness (QED) is 0.584. The minimum Gasteiger partial charge on any atom is -0.495 e. The lowest BCUT2D eigenvalue weighted by molar-refractivity contribution is -0.149. The number of piperidine rings is 1. The average Bonchev–Trinajstić information content (AvgIpc) is 2.84. The number of nitrogens with zero attached hydrogens (tertiary/aromatic N) is 2. The Morgan fingerprint density at radius 3 is 2.41 bits per heavy atom. The number of halogens is 3. The van der Waals surface area contributed by atoms with Gasteiger partial charge in [-0.05, 0) is 62.7 Å². The van der Waals surface area contributed by atoms with E-state index in [2.05, 4.69) is 5.32 Å². The van der Waals surface area contributed by atoms with Crippen molar-refractivity contribution >= 4 is 11.6 Å². The molecular weight excluding hydrogens is 447 g/mol. The molecule has 186 valence electrons. The molecule has 1 unspecified atom stereocenters. The summed E-state index contributed by atoms with van der Waals surface area (Å²) in [6.45, 7) is 4.48. The fraction of sp³-hybridized carbons (Fsp3) is 0.480. The fourth-order valence-electron chi connectivity index (χ4n) is 4.16. The molecule has 1 N–H and O–H groups in total. The maximum absolute atomic E-state index is 13.7. The number of hydrogen-bond acceptors (Lipinski definition) is 5. The van der Waals surface area contributed by atoms with Crippen molar-refractivity contribution in [2.24, 2.45) is 0 Å². The topological polar surface area (TPSA) is 54.0 Å². The van der Waals surface area contributed by atoms with E-state index in [0.717, 1.165) is 36.5 Å². The van der Waals surface area contributed by atoms with E-state index < -0.39 is 17.3 Å². The van der Waals surface area contributed by atoms with Gasteiger partial charge in [-0.3, -0.25) is 4.79 Å². The second-order valence-electron chi connectivity index (χ2n) is 8.38. The zero-order valence-electron chi connectivity index (χ0n) is 19.8. The Balaban J connectivity index is 1.75. The summed E-state index contributed by atoms with van der Waals surface area (Å²) in [4.78, 5) is 17.5. The molecule has 34 heavy (non-hydrogen) atoms. The van der Waals surface area contributed by atoms with Crippen molar-refractivity contribution in [2.75, 3.05) is 51.8 Å². The van der Waals surface area contributed by atoms with Crippen molar-refractivity contribution < 1.29 is 27.4 Å². The molecule has 0 aromatic heterocycles. The predicted molar refractivity (Wildman–Crippen MR) is 125 cm³/mol. The highest BCUT2D eigenvalue weighted by Gasteiger charge is 2.44. The molecular formula is C25H32F3N3O3. The number of para-hydroxylation sites is 2. The Bertz CT molecular complexity index is 944. The molecule has 1 aliphatic heterocycles. The minimum atomic E-state index is -4.43. The minimum absolute atomic E-state index is 0.171. The van der Waals surface area contributed by atoms with Gasteiger partial charge in [0.15, 0.2) is 5.60 Å². The first-order chi connectivity index (χ1) is 16.2. The third-order valence-electron chi connectivity index (χ3n) is 6.10. The van der Waals surface area contributed by atoms with E-state index in [0.29, 0.717) is 32.6 Å². The summed E-state index contributed by atoms with van der Waals surface area (Å²) in [5.74, 6) is 0.820. The van der Waals surface area contributed by atoms with Crippen LogP contribution in [-0.4, -0.2) is 63.3 Å². The van der Waals surface area contributed by atoms with Crippen LogP contribution in [0.2, 0.25) is 0 Å². The highest BCUT2D eigenvalue weighted by atomic mass is 19.4. The van der Waals surface area contributed by atoms with Crippen LogP contribution in [0, 0.1) is 0 Å². The third kappa shape index (κ3) is 5.94. The Kier molecular flexibility index (Phi) is 8.30. The number of nitrogens with one attached hydrogen (secondary N) is 1. The fourth-order valence-corrected chi connectivity index (χ4v) is 4.16. The second-order valence-corrected chi connectivity index (χ2v) is 8.38. The first-order valence-corrected chi connectivity index (χ1v) is 11.4. The van der Waals surface area contributed by atoms with E-state index in [9.17, 15) is 18.0 Å². The first-order valence-electron chi connectivity index (χ1n) is 11.4.